The molecule has 0 aliphatic heterocycles. The first-order valence-electron chi connectivity index (χ1n) is 6.93. The number of methoxy groups -OCH3 is 2. The summed E-state index contributed by atoms with van der Waals surface area (Å²) in [5, 5.41) is 2.98. The second-order valence-electron chi connectivity index (χ2n) is 5.38. The molecule has 0 aliphatic rings. The van der Waals surface area contributed by atoms with Gasteiger partial charge in [0, 0.05) is 25.7 Å². The number of amides is 1. The first kappa shape index (κ1) is 18.9. The fraction of sp³-hybridized carbons (Fsp3) is 0.857. The molecule has 0 spiro atoms. The van der Waals surface area contributed by atoms with Crippen molar-refractivity contribution in [3.63, 3.8) is 0 Å². The highest BCUT2D eigenvalue weighted by molar-refractivity contribution is 5.78. The Morgan fingerprint density at radius 1 is 1.20 bits per heavy atom. The SMILES string of the molecule is CCC(C)(C)NC(=O)CN(CCOC)CCC(=O)OC. The van der Waals surface area contributed by atoms with E-state index >= 15 is 0 Å². The maximum atomic E-state index is 12.0. The van der Waals surface area contributed by atoms with Crippen molar-refractivity contribution in [3.8, 4) is 0 Å². The van der Waals surface area contributed by atoms with Crippen LogP contribution in [0.1, 0.15) is 33.6 Å². The fourth-order valence-electron chi connectivity index (χ4n) is 1.55. The summed E-state index contributed by atoms with van der Waals surface area (Å²) in [6.07, 6.45) is 1.13. The number of hydrogen-bond donors (Lipinski definition) is 1. The molecule has 1 N–H and O–H groups in total. The average Bonchev–Trinajstić information content (AvgIpc) is 2.40. The van der Waals surface area contributed by atoms with Crippen LogP contribution in [-0.4, -0.2) is 62.8 Å². The van der Waals surface area contributed by atoms with Crippen LogP contribution in [0.2, 0.25) is 0 Å². The molecule has 1 amide bonds. The van der Waals surface area contributed by atoms with Crippen LogP contribution in [0.5, 0.6) is 0 Å². The summed E-state index contributed by atoms with van der Waals surface area (Å²) in [5.74, 6) is -0.320. The number of carbonyl (C=O) groups excluding carboxylic acids is 2. The van der Waals surface area contributed by atoms with Crippen LogP contribution >= 0.6 is 0 Å². The standard InChI is InChI=1S/C14H28N2O4/c1-6-14(2,3)15-12(17)11-16(9-10-19-4)8-7-13(18)20-5/h6-11H2,1-5H3,(H,15,17). The van der Waals surface area contributed by atoms with E-state index in [0.717, 1.165) is 6.42 Å². The predicted octanol–water partition coefficient (Wildman–Crippen LogP) is 0.803. The van der Waals surface area contributed by atoms with Crippen LogP contribution in [0.15, 0.2) is 0 Å². The van der Waals surface area contributed by atoms with Gasteiger partial charge < -0.3 is 14.8 Å². The van der Waals surface area contributed by atoms with Gasteiger partial charge in [-0.25, -0.2) is 0 Å². The molecule has 0 heterocycles. The fourth-order valence-corrected chi connectivity index (χ4v) is 1.55. The van der Waals surface area contributed by atoms with Crippen molar-refractivity contribution in [2.45, 2.75) is 39.2 Å². The van der Waals surface area contributed by atoms with Crippen molar-refractivity contribution in [2.24, 2.45) is 0 Å². The Hall–Kier alpha value is -1.14. The van der Waals surface area contributed by atoms with E-state index in [-0.39, 0.29) is 30.4 Å². The van der Waals surface area contributed by atoms with Gasteiger partial charge in [-0.05, 0) is 20.3 Å². The number of nitrogens with one attached hydrogen (secondary N) is 1. The molecular weight excluding hydrogens is 260 g/mol. The lowest BCUT2D eigenvalue weighted by molar-refractivity contribution is -0.141. The highest BCUT2D eigenvalue weighted by atomic mass is 16.5. The Balaban J connectivity index is 4.33. The van der Waals surface area contributed by atoms with Crippen molar-refractivity contribution in [3.05, 3.63) is 0 Å². The molecule has 0 fully saturated rings. The van der Waals surface area contributed by atoms with E-state index in [4.69, 9.17) is 4.74 Å². The molecule has 6 heteroatoms. The van der Waals surface area contributed by atoms with Gasteiger partial charge in [0.25, 0.3) is 0 Å². The first-order chi connectivity index (χ1) is 9.34. The van der Waals surface area contributed by atoms with Crippen LogP contribution in [-0.2, 0) is 19.1 Å². The topological polar surface area (TPSA) is 67.9 Å². The van der Waals surface area contributed by atoms with Crippen molar-refractivity contribution >= 4 is 11.9 Å². The highest BCUT2D eigenvalue weighted by Crippen LogP contribution is 2.06. The molecule has 0 atom stereocenters. The number of rotatable bonds is 10. The van der Waals surface area contributed by atoms with E-state index in [9.17, 15) is 9.59 Å². The van der Waals surface area contributed by atoms with Crippen LogP contribution < -0.4 is 5.32 Å². The summed E-state index contributed by atoms with van der Waals surface area (Å²) in [6, 6.07) is 0. The Bertz CT molecular complexity index is 306. The summed E-state index contributed by atoms with van der Waals surface area (Å²) < 4.78 is 9.63. The molecule has 0 unspecified atom stereocenters. The summed E-state index contributed by atoms with van der Waals surface area (Å²) in [4.78, 5) is 25.1. The minimum atomic E-state index is -0.276. The predicted molar refractivity (Wildman–Crippen MR) is 77.5 cm³/mol. The maximum absolute atomic E-state index is 12.0. The molecule has 0 aromatic carbocycles. The first-order valence-corrected chi connectivity index (χ1v) is 6.93. The van der Waals surface area contributed by atoms with Crippen molar-refractivity contribution < 1.29 is 19.1 Å². The van der Waals surface area contributed by atoms with Gasteiger partial charge in [-0.3, -0.25) is 14.5 Å². The average molecular weight is 288 g/mol. The summed E-state index contributed by atoms with van der Waals surface area (Å²) in [6.45, 7) is 7.86. The minimum absolute atomic E-state index is 0.0437. The molecule has 0 aromatic rings. The lowest BCUT2D eigenvalue weighted by Gasteiger charge is -2.27. The van der Waals surface area contributed by atoms with Crippen LogP contribution in [0.3, 0.4) is 0 Å². The molecule has 0 saturated heterocycles. The number of hydrogen-bond acceptors (Lipinski definition) is 5. The lowest BCUT2D eigenvalue weighted by Crippen LogP contribution is -2.48. The Morgan fingerprint density at radius 3 is 2.35 bits per heavy atom. The molecule has 0 saturated carbocycles. The zero-order valence-electron chi connectivity index (χ0n) is 13.3. The Labute approximate surface area is 121 Å². The van der Waals surface area contributed by atoms with E-state index in [2.05, 4.69) is 10.1 Å². The van der Waals surface area contributed by atoms with E-state index in [1.807, 2.05) is 25.7 Å². The molecule has 0 bridgehead atoms. The van der Waals surface area contributed by atoms with E-state index in [1.165, 1.54) is 7.11 Å². The third-order valence-corrected chi connectivity index (χ3v) is 3.20. The number of esters is 1. The monoisotopic (exact) mass is 288 g/mol. The van der Waals surface area contributed by atoms with Gasteiger partial charge in [0.15, 0.2) is 0 Å². The van der Waals surface area contributed by atoms with E-state index < -0.39 is 0 Å². The summed E-state index contributed by atoms with van der Waals surface area (Å²) in [7, 11) is 2.97. The number of nitrogens with zero attached hydrogens (tertiary/aromatic N) is 1. The van der Waals surface area contributed by atoms with Crippen molar-refractivity contribution in [1.29, 1.82) is 0 Å². The molecule has 20 heavy (non-hydrogen) atoms. The van der Waals surface area contributed by atoms with Gasteiger partial charge in [-0.1, -0.05) is 6.92 Å². The number of ether oxygens (including phenoxy) is 2. The molecule has 0 aliphatic carbocycles. The zero-order chi connectivity index (χ0) is 15.6. The lowest BCUT2D eigenvalue weighted by atomic mass is 10.0. The van der Waals surface area contributed by atoms with Gasteiger partial charge in [-0.15, -0.1) is 0 Å². The van der Waals surface area contributed by atoms with Crippen LogP contribution in [0, 0.1) is 0 Å². The van der Waals surface area contributed by atoms with Gasteiger partial charge in [0.2, 0.25) is 5.91 Å². The third kappa shape index (κ3) is 8.87. The van der Waals surface area contributed by atoms with Crippen molar-refractivity contribution in [1.82, 2.24) is 10.2 Å². The molecule has 6 nitrogen and oxygen atoms in total. The van der Waals surface area contributed by atoms with Crippen molar-refractivity contribution in [2.75, 3.05) is 40.5 Å². The Morgan fingerprint density at radius 2 is 1.85 bits per heavy atom. The number of carbonyl (C=O) groups is 2. The van der Waals surface area contributed by atoms with Crippen LogP contribution in [0.25, 0.3) is 0 Å². The molecular formula is C14H28N2O4. The zero-order valence-corrected chi connectivity index (χ0v) is 13.3. The van der Waals surface area contributed by atoms with Gasteiger partial charge >= 0.3 is 5.97 Å². The quantitative estimate of drug-likeness (QED) is 0.602. The smallest absolute Gasteiger partial charge is 0.306 e. The van der Waals surface area contributed by atoms with E-state index in [0.29, 0.717) is 19.7 Å². The van der Waals surface area contributed by atoms with Gasteiger partial charge in [0.05, 0.1) is 26.7 Å². The van der Waals surface area contributed by atoms with Crippen LogP contribution in [0.4, 0.5) is 0 Å². The van der Waals surface area contributed by atoms with E-state index in [1.54, 1.807) is 7.11 Å². The second-order valence-corrected chi connectivity index (χ2v) is 5.38. The Kier molecular flexibility index (Phi) is 9.16. The largest absolute Gasteiger partial charge is 0.469 e. The summed E-state index contributed by atoms with van der Waals surface area (Å²) >= 11 is 0. The molecule has 0 aromatic heterocycles. The third-order valence-electron chi connectivity index (χ3n) is 3.20. The maximum Gasteiger partial charge on any atom is 0.306 e. The molecule has 118 valence electrons. The normalized spacial score (nSPS) is 11.5. The minimum Gasteiger partial charge on any atom is -0.469 e. The summed E-state index contributed by atoms with van der Waals surface area (Å²) in [5.41, 5.74) is -0.216. The highest BCUT2D eigenvalue weighted by Gasteiger charge is 2.20. The van der Waals surface area contributed by atoms with Gasteiger partial charge in [0.1, 0.15) is 0 Å². The second kappa shape index (κ2) is 9.72. The molecule has 0 rings (SSSR count). The molecule has 0 radical (unpaired) electrons. The van der Waals surface area contributed by atoms with Gasteiger partial charge in [-0.2, -0.15) is 0 Å².